The van der Waals surface area contributed by atoms with Crippen molar-refractivity contribution in [3.8, 4) is 11.5 Å². The molecule has 1 N–H and O–H groups in total. The zero-order valence-electron chi connectivity index (χ0n) is 18.4. The summed E-state index contributed by atoms with van der Waals surface area (Å²) >= 11 is 5.96. The van der Waals surface area contributed by atoms with Gasteiger partial charge in [-0.1, -0.05) is 29.8 Å². The Morgan fingerprint density at radius 1 is 1.06 bits per heavy atom. The number of halogens is 1. The van der Waals surface area contributed by atoms with Gasteiger partial charge in [0.05, 0.1) is 50.5 Å². The number of rotatable bonds is 9. The van der Waals surface area contributed by atoms with Crippen molar-refractivity contribution in [3.05, 3.63) is 82.6 Å². The number of hydrogen-bond acceptors (Lipinski definition) is 6. The summed E-state index contributed by atoms with van der Waals surface area (Å²) in [7, 11) is -0.906. The SMILES string of the molecule is COc1cc(C(=O)NCc2ccccn2)c(N(Cc2ccc(Cl)cc2)S(C)(=O)=O)cc1OC. The third kappa shape index (κ3) is 6.15. The van der Waals surface area contributed by atoms with E-state index in [1.54, 1.807) is 42.6 Å². The van der Waals surface area contributed by atoms with E-state index >= 15 is 0 Å². The number of methoxy groups -OCH3 is 2. The lowest BCUT2D eigenvalue weighted by molar-refractivity contribution is 0.0950. The van der Waals surface area contributed by atoms with Crippen molar-refractivity contribution in [3.63, 3.8) is 0 Å². The summed E-state index contributed by atoms with van der Waals surface area (Å²) < 4.78 is 37.4. The largest absolute Gasteiger partial charge is 0.493 e. The highest BCUT2D eigenvalue weighted by atomic mass is 35.5. The lowest BCUT2D eigenvalue weighted by atomic mass is 10.1. The van der Waals surface area contributed by atoms with Gasteiger partial charge in [0.15, 0.2) is 11.5 Å². The smallest absolute Gasteiger partial charge is 0.253 e. The molecule has 1 heterocycles. The third-order valence-electron chi connectivity index (χ3n) is 4.81. The molecular weight excluding hydrogens is 466 g/mol. The number of amides is 1. The molecule has 174 valence electrons. The van der Waals surface area contributed by atoms with Crippen LogP contribution in [-0.4, -0.2) is 39.8 Å². The molecule has 0 saturated heterocycles. The fraction of sp³-hybridized carbons (Fsp3) is 0.217. The Bertz CT molecular complexity index is 1220. The molecule has 3 aromatic rings. The Kier molecular flexibility index (Phi) is 7.78. The Balaban J connectivity index is 2.05. The average molecular weight is 490 g/mol. The Morgan fingerprint density at radius 3 is 2.30 bits per heavy atom. The van der Waals surface area contributed by atoms with Gasteiger partial charge in [-0.05, 0) is 35.9 Å². The number of pyridine rings is 1. The van der Waals surface area contributed by atoms with Crippen molar-refractivity contribution in [2.45, 2.75) is 13.1 Å². The van der Waals surface area contributed by atoms with Crippen molar-refractivity contribution in [1.82, 2.24) is 10.3 Å². The fourth-order valence-electron chi connectivity index (χ4n) is 3.16. The van der Waals surface area contributed by atoms with Crippen LogP contribution < -0.4 is 19.1 Å². The van der Waals surface area contributed by atoms with E-state index in [9.17, 15) is 13.2 Å². The van der Waals surface area contributed by atoms with Crippen LogP contribution in [0.15, 0.2) is 60.8 Å². The van der Waals surface area contributed by atoms with Gasteiger partial charge in [0.25, 0.3) is 5.91 Å². The summed E-state index contributed by atoms with van der Waals surface area (Å²) in [6.45, 7) is 0.162. The molecule has 0 spiro atoms. The molecule has 0 bridgehead atoms. The zero-order chi connectivity index (χ0) is 24.0. The van der Waals surface area contributed by atoms with Crippen LogP contribution in [0.5, 0.6) is 11.5 Å². The molecule has 1 aromatic heterocycles. The number of aromatic nitrogens is 1. The van der Waals surface area contributed by atoms with E-state index in [0.29, 0.717) is 27.8 Å². The van der Waals surface area contributed by atoms with Crippen LogP contribution in [-0.2, 0) is 23.1 Å². The Labute approximate surface area is 198 Å². The van der Waals surface area contributed by atoms with Crippen molar-refractivity contribution in [2.75, 3.05) is 24.8 Å². The molecule has 10 heteroatoms. The summed E-state index contributed by atoms with van der Waals surface area (Å²) in [6.07, 6.45) is 2.70. The first kappa shape index (κ1) is 24.3. The number of carbonyl (C=O) groups excluding carboxylic acids is 1. The molecule has 0 unspecified atom stereocenters. The highest BCUT2D eigenvalue weighted by Gasteiger charge is 2.26. The second-order valence-electron chi connectivity index (χ2n) is 7.12. The van der Waals surface area contributed by atoms with Gasteiger partial charge in [0.1, 0.15) is 0 Å². The van der Waals surface area contributed by atoms with Crippen LogP contribution in [0.25, 0.3) is 0 Å². The van der Waals surface area contributed by atoms with Crippen LogP contribution >= 0.6 is 11.6 Å². The first-order chi connectivity index (χ1) is 15.7. The van der Waals surface area contributed by atoms with Gasteiger partial charge in [-0.15, -0.1) is 0 Å². The van der Waals surface area contributed by atoms with Crippen molar-refractivity contribution in [2.24, 2.45) is 0 Å². The molecule has 0 atom stereocenters. The lowest BCUT2D eigenvalue weighted by Crippen LogP contribution is -2.33. The number of nitrogens with one attached hydrogen (secondary N) is 1. The molecule has 0 fully saturated rings. The van der Waals surface area contributed by atoms with Gasteiger partial charge < -0.3 is 14.8 Å². The summed E-state index contributed by atoms with van der Waals surface area (Å²) in [6, 6.07) is 15.1. The highest BCUT2D eigenvalue weighted by molar-refractivity contribution is 7.92. The van der Waals surface area contributed by atoms with Gasteiger partial charge in [0.2, 0.25) is 10.0 Å². The monoisotopic (exact) mass is 489 g/mol. The summed E-state index contributed by atoms with van der Waals surface area (Å²) in [5, 5.41) is 3.32. The maximum Gasteiger partial charge on any atom is 0.253 e. The van der Waals surface area contributed by atoms with Crippen LogP contribution in [0.2, 0.25) is 5.02 Å². The van der Waals surface area contributed by atoms with Crippen molar-refractivity contribution in [1.29, 1.82) is 0 Å². The maximum atomic E-state index is 13.2. The third-order valence-corrected chi connectivity index (χ3v) is 6.19. The highest BCUT2D eigenvalue weighted by Crippen LogP contribution is 2.37. The first-order valence-electron chi connectivity index (χ1n) is 9.89. The van der Waals surface area contributed by atoms with Crippen LogP contribution in [0.3, 0.4) is 0 Å². The van der Waals surface area contributed by atoms with Gasteiger partial charge in [0, 0.05) is 17.3 Å². The van der Waals surface area contributed by atoms with E-state index in [2.05, 4.69) is 10.3 Å². The number of hydrogen-bond donors (Lipinski definition) is 1. The number of nitrogens with zero attached hydrogens (tertiary/aromatic N) is 2. The minimum absolute atomic E-state index is 0.00793. The molecular formula is C23H24ClN3O5S. The number of sulfonamides is 1. The second kappa shape index (κ2) is 10.5. The van der Waals surface area contributed by atoms with Crippen LogP contribution in [0.1, 0.15) is 21.6 Å². The predicted molar refractivity (Wildman–Crippen MR) is 127 cm³/mol. The van der Waals surface area contributed by atoms with E-state index in [-0.39, 0.29) is 24.3 Å². The molecule has 0 radical (unpaired) electrons. The summed E-state index contributed by atoms with van der Waals surface area (Å²) in [4.78, 5) is 17.3. The van der Waals surface area contributed by atoms with E-state index < -0.39 is 15.9 Å². The molecule has 0 saturated carbocycles. The van der Waals surface area contributed by atoms with Crippen LogP contribution in [0, 0.1) is 0 Å². The summed E-state index contributed by atoms with van der Waals surface area (Å²) in [5.41, 5.74) is 1.63. The van der Waals surface area contributed by atoms with Gasteiger partial charge >= 0.3 is 0 Å². The quantitative estimate of drug-likeness (QED) is 0.492. The van der Waals surface area contributed by atoms with E-state index in [4.69, 9.17) is 21.1 Å². The topological polar surface area (TPSA) is 97.8 Å². The summed E-state index contributed by atoms with van der Waals surface area (Å²) in [5.74, 6) is 0.101. The lowest BCUT2D eigenvalue weighted by Gasteiger charge is -2.26. The van der Waals surface area contributed by atoms with Gasteiger partial charge in [-0.25, -0.2) is 8.42 Å². The standard InChI is InChI=1S/C23H24ClN3O5S/c1-31-21-12-19(23(28)26-14-18-6-4-5-11-25-18)20(13-22(21)32-2)27(33(3,29)30)15-16-7-9-17(24)10-8-16/h4-13H,14-15H2,1-3H3,(H,26,28). The van der Waals surface area contributed by atoms with Crippen molar-refractivity contribution >= 4 is 33.2 Å². The molecule has 33 heavy (non-hydrogen) atoms. The first-order valence-corrected chi connectivity index (χ1v) is 12.1. The zero-order valence-corrected chi connectivity index (χ0v) is 20.0. The molecule has 0 aliphatic rings. The Hall–Kier alpha value is -3.30. The molecule has 0 aliphatic carbocycles. The molecule has 0 aliphatic heterocycles. The van der Waals surface area contributed by atoms with E-state index in [0.717, 1.165) is 10.6 Å². The molecule has 8 nitrogen and oxygen atoms in total. The average Bonchev–Trinajstić information content (AvgIpc) is 2.81. The minimum Gasteiger partial charge on any atom is -0.493 e. The number of anilines is 1. The second-order valence-corrected chi connectivity index (χ2v) is 9.47. The van der Waals surface area contributed by atoms with Crippen LogP contribution in [0.4, 0.5) is 5.69 Å². The predicted octanol–water partition coefficient (Wildman–Crippen LogP) is 3.65. The number of benzene rings is 2. The Morgan fingerprint density at radius 2 is 1.73 bits per heavy atom. The fourth-order valence-corrected chi connectivity index (χ4v) is 4.18. The number of ether oxygens (including phenoxy) is 2. The van der Waals surface area contributed by atoms with Gasteiger partial charge in [-0.2, -0.15) is 0 Å². The molecule has 3 rings (SSSR count). The van der Waals surface area contributed by atoms with E-state index in [1.165, 1.54) is 26.4 Å². The van der Waals surface area contributed by atoms with Crippen molar-refractivity contribution < 1.29 is 22.7 Å². The van der Waals surface area contributed by atoms with E-state index in [1.807, 2.05) is 6.07 Å². The minimum atomic E-state index is -3.78. The maximum absolute atomic E-state index is 13.2. The molecule has 2 aromatic carbocycles. The normalized spacial score (nSPS) is 11.0. The van der Waals surface area contributed by atoms with Gasteiger partial charge in [-0.3, -0.25) is 14.1 Å². The molecule has 1 amide bonds. The number of carbonyl (C=O) groups is 1.